The van der Waals surface area contributed by atoms with Gasteiger partial charge in [-0.05, 0) is 42.5 Å². The Bertz CT molecular complexity index is 693. The van der Waals surface area contributed by atoms with Crippen LogP contribution in [0.4, 0.5) is 10.1 Å². The molecule has 0 saturated heterocycles. The summed E-state index contributed by atoms with van der Waals surface area (Å²) in [5, 5.41) is 11.6. The first-order valence-corrected chi connectivity index (χ1v) is 5.90. The summed E-state index contributed by atoms with van der Waals surface area (Å²) in [6.07, 6.45) is 3.32. The molecule has 1 aromatic heterocycles. The van der Waals surface area contributed by atoms with Gasteiger partial charge in [-0.2, -0.15) is 5.26 Å². The van der Waals surface area contributed by atoms with Crippen LogP contribution >= 0.6 is 0 Å². The number of aryl methyl sites for hydroxylation is 1. The van der Waals surface area contributed by atoms with Gasteiger partial charge in [0.1, 0.15) is 17.5 Å². The van der Waals surface area contributed by atoms with Crippen molar-refractivity contribution in [3.05, 3.63) is 59.7 Å². The van der Waals surface area contributed by atoms with Crippen LogP contribution in [-0.2, 0) is 11.8 Å². The predicted octanol–water partition coefficient (Wildman–Crippen LogP) is 2.71. The number of hydrogen-bond acceptors (Lipinski definition) is 2. The van der Waals surface area contributed by atoms with E-state index in [1.165, 1.54) is 30.3 Å². The lowest BCUT2D eigenvalue weighted by Crippen LogP contribution is -2.13. The maximum Gasteiger partial charge on any atom is 0.266 e. The summed E-state index contributed by atoms with van der Waals surface area (Å²) in [4.78, 5) is 12.0. The van der Waals surface area contributed by atoms with Crippen LogP contribution in [0, 0.1) is 17.1 Å². The van der Waals surface area contributed by atoms with E-state index < -0.39 is 5.91 Å². The molecule has 5 heteroatoms. The number of halogens is 1. The minimum atomic E-state index is -0.527. The molecular formula is C15H12FN3O. The van der Waals surface area contributed by atoms with E-state index >= 15 is 0 Å². The second-order valence-corrected chi connectivity index (χ2v) is 4.17. The highest BCUT2D eigenvalue weighted by Crippen LogP contribution is 2.12. The number of aromatic nitrogens is 1. The summed E-state index contributed by atoms with van der Waals surface area (Å²) >= 11 is 0. The van der Waals surface area contributed by atoms with Gasteiger partial charge in [0, 0.05) is 24.6 Å². The van der Waals surface area contributed by atoms with E-state index in [9.17, 15) is 9.18 Å². The Balaban J connectivity index is 2.18. The highest BCUT2D eigenvalue weighted by Gasteiger charge is 2.10. The Morgan fingerprint density at radius 3 is 2.60 bits per heavy atom. The van der Waals surface area contributed by atoms with E-state index in [1.54, 1.807) is 10.6 Å². The quantitative estimate of drug-likeness (QED) is 0.688. The zero-order valence-electron chi connectivity index (χ0n) is 10.8. The van der Waals surface area contributed by atoms with E-state index in [2.05, 4.69) is 5.32 Å². The number of nitrogens with zero attached hydrogens (tertiary/aromatic N) is 2. The molecule has 20 heavy (non-hydrogen) atoms. The molecule has 0 radical (unpaired) electrons. The fourth-order valence-corrected chi connectivity index (χ4v) is 1.65. The van der Waals surface area contributed by atoms with Crippen LogP contribution in [0.2, 0.25) is 0 Å². The fourth-order valence-electron chi connectivity index (χ4n) is 1.65. The molecule has 0 unspecified atom stereocenters. The molecule has 1 aromatic carbocycles. The number of hydrogen-bond donors (Lipinski definition) is 1. The van der Waals surface area contributed by atoms with Gasteiger partial charge in [0.25, 0.3) is 5.91 Å². The third kappa shape index (κ3) is 3.12. The maximum atomic E-state index is 12.8. The van der Waals surface area contributed by atoms with Crippen LogP contribution in [0.3, 0.4) is 0 Å². The summed E-state index contributed by atoms with van der Waals surface area (Å²) in [5.41, 5.74) is 1.16. The lowest BCUT2D eigenvalue weighted by Gasteiger charge is -2.04. The number of benzene rings is 1. The standard InChI is InChI=1S/C15H12FN3O/c1-19-8-2-3-14(19)9-11(10-17)15(20)18-13-6-4-12(16)5-7-13/h2-9H,1H3,(H,18,20)/b11-9-. The summed E-state index contributed by atoms with van der Waals surface area (Å²) in [6.45, 7) is 0. The smallest absolute Gasteiger partial charge is 0.266 e. The highest BCUT2D eigenvalue weighted by molar-refractivity contribution is 6.09. The van der Waals surface area contributed by atoms with Crippen LogP contribution in [0.25, 0.3) is 6.08 Å². The third-order valence-electron chi connectivity index (χ3n) is 2.74. The zero-order chi connectivity index (χ0) is 14.5. The monoisotopic (exact) mass is 269 g/mol. The van der Waals surface area contributed by atoms with Gasteiger partial charge in [-0.15, -0.1) is 0 Å². The topological polar surface area (TPSA) is 57.8 Å². The van der Waals surface area contributed by atoms with Crippen molar-refractivity contribution in [2.24, 2.45) is 7.05 Å². The summed E-state index contributed by atoms with van der Waals surface area (Å²) in [5.74, 6) is -0.914. The molecule has 100 valence electrons. The van der Waals surface area contributed by atoms with Crippen molar-refractivity contribution < 1.29 is 9.18 Å². The summed E-state index contributed by atoms with van der Waals surface area (Å²) in [6, 6.07) is 10.8. The lowest BCUT2D eigenvalue weighted by atomic mass is 10.2. The first-order chi connectivity index (χ1) is 9.60. The van der Waals surface area contributed by atoms with Gasteiger partial charge in [-0.1, -0.05) is 0 Å². The van der Waals surface area contributed by atoms with Crippen molar-refractivity contribution in [2.75, 3.05) is 5.32 Å². The number of anilines is 1. The lowest BCUT2D eigenvalue weighted by molar-refractivity contribution is -0.112. The predicted molar refractivity (Wildman–Crippen MR) is 74.0 cm³/mol. The molecule has 0 aliphatic heterocycles. The Hall–Kier alpha value is -2.87. The molecular weight excluding hydrogens is 257 g/mol. The van der Waals surface area contributed by atoms with Crippen LogP contribution in [0.5, 0.6) is 0 Å². The van der Waals surface area contributed by atoms with Crippen molar-refractivity contribution in [1.82, 2.24) is 4.57 Å². The van der Waals surface area contributed by atoms with E-state index in [0.29, 0.717) is 5.69 Å². The molecule has 1 N–H and O–H groups in total. The largest absolute Gasteiger partial charge is 0.351 e. The molecule has 0 aliphatic rings. The molecule has 2 aromatic rings. The minimum Gasteiger partial charge on any atom is -0.351 e. The molecule has 1 heterocycles. The molecule has 4 nitrogen and oxygen atoms in total. The normalized spacial score (nSPS) is 10.9. The fraction of sp³-hybridized carbons (Fsp3) is 0.0667. The molecule has 0 spiro atoms. The second kappa shape index (κ2) is 5.85. The van der Waals surface area contributed by atoms with Gasteiger partial charge >= 0.3 is 0 Å². The number of amides is 1. The van der Waals surface area contributed by atoms with Crippen molar-refractivity contribution in [3.63, 3.8) is 0 Å². The van der Waals surface area contributed by atoms with Gasteiger partial charge < -0.3 is 9.88 Å². The van der Waals surface area contributed by atoms with Gasteiger partial charge in [-0.25, -0.2) is 4.39 Å². The van der Waals surface area contributed by atoms with Crippen LogP contribution in [0.1, 0.15) is 5.69 Å². The summed E-state index contributed by atoms with van der Waals surface area (Å²) < 4.78 is 14.6. The summed E-state index contributed by atoms with van der Waals surface area (Å²) in [7, 11) is 1.82. The SMILES string of the molecule is Cn1cccc1/C=C(/C#N)C(=O)Nc1ccc(F)cc1. The number of nitrogens with one attached hydrogen (secondary N) is 1. The average Bonchev–Trinajstić information content (AvgIpc) is 2.84. The minimum absolute atomic E-state index is 0.0175. The van der Waals surface area contributed by atoms with Gasteiger partial charge in [0.2, 0.25) is 0 Å². The van der Waals surface area contributed by atoms with Crippen molar-refractivity contribution in [1.29, 1.82) is 5.26 Å². The maximum absolute atomic E-state index is 12.8. The number of nitriles is 1. The molecule has 0 bridgehead atoms. The van der Waals surface area contributed by atoms with Gasteiger partial charge in [-0.3, -0.25) is 4.79 Å². The van der Waals surface area contributed by atoms with Gasteiger partial charge in [0.05, 0.1) is 0 Å². The molecule has 0 atom stereocenters. The third-order valence-corrected chi connectivity index (χ3v) is 2.74. The molecule has 0 saturated carbocycles. The van der Waals surface area contributed by atoms with Crippen molar-refractivity contribution in [2.45, 2.75) is 0 Å². The first-order valence-electron chi connectivity index (χ1n) is 5.90. The van der Waals surface area contributed by atoms with Crippen molar-refractivity contribution in [3.8, 4) is 6.07 Å². The zero-order valence-corrected chi connectivity index (χ0v) is 10.8. The molecule has 1 amide bonds. The van der Waals surface area contributed by atoms with E-state index in [4.69, 9.17) is 5.26 Å². The van der Waals surface area contributed by atoms with E-state index in [1.807, 2.05) is 25.4 Å². The number of carbonyl (C=O) groups excluding carboxylic acids is 1. The average molecular weight is 269 g/mol. The van der Waals surface area contributed by atoms with Gasteiger partial charge in [0.15, 0.2) is 0 Å². The number of carbonyl (C=O) groups is 1. The van der Waals surface area contributed by atoms with Crippen LogP contribution < -0.4 is 5.32 Å². The van der Waals surface area contributed by atoms with Crippen LogP contribution in [-0.4, -0.2) is 10.5 Å². The second-order valence-electron chi connectivity index (χ2n) is 4.17. The van der Waals surface area contributed by atoms with E-state index in [0.717, 1.165) is 5.69 Å². The number of rotatable bonds is 3. The molecule has 0 aliphatic carbocycles. The Morgan fingerprint density at radius 2 is 2.05 bits per heavy atom. The van der Waals surface area contributed by atoms with Crippen LogP contribution in [0.15, 0.2) is 48.2 Å². The first kappa shape index (κ1) is 13.6. The Morgan fingerprint density at radius 1 is 1.35 bits per heavy atom. The Labute approximate surface area is 115 Å². The van der Waals surface area contributed by atoms with Crippen molar-refractivity contribution >= 4 is 17.7 Å². The molecule has 0 fully saturated rings. The Kier molecular flexibility index (Phi) is 3.96. The van der Waals surface area contributed by atoms with E-state index in [-0.39, 0.29) is 11.4 Å². The highest BCUT2D eigenvalue weighted by atomic mass is 19.1. The molecule has 2 rings (SSSR count).